The molecule has 0 aliphatic heterocycles. The molecule has 0 aliphatic rings. The van der Waals surface area contributed by atoms with Crippen molar-refractivity contribution in [1.29, 1.82) is 0 Å². The van der Waals surface area contributed by atoms with Crippen LogP contribution in [-0.2, 0) is 0 Å². The molecular weight excluding hydrogens is 316 g/mol. The number of nitrogens with zero attached hydrogens (tertiary/aromatic N) is 2. The van der Waals surface area contributed by atoms with Crippen molar-refractivity contribution in [3.63, 3.8) is 0 Å². The van der Waals surface area contributed by atoms with E-state index in [-0.39, 0.29) is 5.91 Å². The van der Waals surface area contributed by atoms with Crippen LogP contribution in [0.25, 0.3) is 11.3 Å². The van der Waals surface area contributed by atoms with E-state index in [0.717, 1.165) is 11.3 Å². The molecule has 0 fully saturated rings. The van der Waals surface area contributed by atoms with Crippen LogP contribution in [0.2, 0.25) is 0 Å². The molecular formula is C20H20N2OS. The van der Waals surface area contributed by atoms with Gasteiger partial charge in [-0.05, 0) is 44.0 Å². The Morgan fingerprint density at radius 3 is 2.29 bits per heavy atom. The number of aryl methyl sites for hydroxylation is 3. The average Bonchev–Trinajstić information content (AvgIpc) is 3.03. The lowest BCUT2D eigenvalue weighted by molar-refractivity contribution is 0.0993. The molecule has 3 aromatic rings. The summed E-state index contributed by atoms with van der Waals surface area (Å²) in [6, 6.07) is 13.6. The van der Waals surface area contributed by atoms with Crippen LogP contribution in [0.3, 0.4) is 0 Å². The van der Waals surface area contributed by atoms with Gasteiger partial charge in [-0.15, -0.1) is 11.3 Å². The molecule has 24 heavy (non-hydrogen) atoms. The van der Waals surface area contributed by atoms with Gasteiger partial charge in [0.25, 0.3) is 5.91 Å². The van der Waals surface area contributed by atoms with Gasteiger partial charge in [0, 0.05) is 23.6 Å². The summed E-state index contributed by atoms with van der Waals surface area (Å²) in [4.78, 5) is 18.9. The average molecular weight is 336 g/mol. The summed E-state index contributed by atoms with van der Waals surface area (Å²) in [5.41, 5.74) is 6.42. The molecule has 0 N–H and O–H groups in total. The molecule has 2 aromatic carbocycles. The highest BCUT2D eigenvalue weighted by Crippen LogP contribution is 2.32. The van der Waals surface area contributed by atoms with E-state index >= 15 is 0 Å². The van der Waals surface area contributed by atoms with Crippen LogP contribution in [-0.4, -0.2) is 17.9 Å². The quantitative estimate of drug-likeness (QED) is 0.673. The fourth-order valence-corrected chi connectivity index (χ4v) is 3.76. The fraction of sp³-hybridized carbons (Fsp3) is 0.200. The first-order valence-electron chi connectivity index (χ1n) is 7.84. The Labute approximate surface area is 146 Å². The number of benzene rings is 2. The molecule has 0 spiro atoms. The number of hydrogen-bond acceptors (Lipinski definition) is 3. The molecule has 1 amide bonds. The molecule has 0 unspecified atom stereocenters. The Kier molecular flexibility index (Phi) is 4.49. The van der Waals surface area contributed by atoms with Crippen molar-refractivity contribution in [3.05, 3.63) is 70.1 Å². The monoisotopic (exact) mass is 336 g/mol. The van der Waals surface area contributed by atoms with Crippen LogP contribution < -0.4 is 4.90 Å². The zero-order valence-electron chi connectivity index (χ0n) is 14.3. The summed E-state index contributed by atoms with van der Waals surface area (Å²) in [5.74, 6) is -0.0474. The Bertz CT molecular complexity index is 861. The van der Waals surface area contributed by atoms with E-state index in [1.807, 2.05) is 35.7 Å². The Morgan fingerprint density at radius 2 is 1.67 bits per heavy atom. The predicted molar refractivity (Wildman–Crippen MR) is 101 cm³/mol. The summed E-state index contributed by atoms with van der Waals surface area (Å²) < 4.78 is 0. The van der Waals surface area contributed by atoms with E-state index in [2.05, 4.69) is 32.9 Å². The SMILES string of the molecule is Cc1cc(C)c(-c2csc(N(C)C(=O)c3ccccc3)n2)c(C)c1. The van der Waals surface area contributed by atoms with Crippen molar-refractivity contribution in [2.45, 2.75) is 20.8 Å². The minimum absolute atomic E-state index is 0.0474. The third-order valence-electron chi connectivity index (χ3n) is 4.04. The molecule has 1 aromatic heterocycles. The second-order valence-corrected chi connectivity index (χ2v) is 6.86. The first kappa shape index (κ1) is 16.4. The van der Waals surface area contributed by atoms with Crippen LogP contribution in [0.5, 0.6) is 0 Å². The second-order valence-electron chi connectivity index (χ2n) is 6.02. The van der Waals surface area contributed by atoms with E-state index < -0.39 is 0 Å². The van der Waals surface area contributed by atoms with Crippen LogP contribution in [0.4, 0.5) is 5.13 Å². The van der Waals surface area contributed by atoms with Gasteiger partial charge in [-0.25, -0.2) is 4.98 Å². The topological polar surface area (TPSA) is 33.2 Å². The highest BCUT2D eigenvalue weighted by Gasteiger charge is 2.18. The maximum atomic E-state index is 12.6. The minimum atomic E-state index is -0.0474. The largest absolute Gasteiger partial charge is 0.287 e. The van der Waals surface area contributed by atoms with Gasteiger partial charge >= 0.3 is 0 Å². The molecule has 0 atom stereocenters. The number of rotatable bonds is 3. The van der Waals surface area contributed by atoms with Crippen molar-refractivity contribution < 1.29 is 4.79 Å². The van der Waals surface area contributed by atoms with Gasteiger partial charge in [-0.3, -0.25) is 9.69 Å². The number of amides is 1. The number of anilines is 1. The van der Waals surface area contributed by atoms with Crippen LogP contribution in [0.15, 0.2) is 47.8 Å². The summed E-state index contributed by atoms with van der Waals surface area (Å²) in [6.07, 6.45) is 0. The Hall–Kier alpha value is -2.46. The molecule has 0 saturated heterocycles. The summed E-state index contributed by atoms with van der Waals surface area (Å²) in [7, 11) is 1.77. The molecule has 1 heterocycles. The van der Waals surface area contributed by atoms with Crippen LogP contribution in [0.1, 0.15) is 27.0 Å². The molecule has 3 nitrogen and oxygen atoms in total. The van der Waals surface area contributed by atoms with E-state index in [1.165, 1.54) is 28.0 Å². The van der Waals surface area contributed by atoms with Gasteiger partial charge in [0.2, 0.25) is 0 Å². The number of hydrogen-bond donors (Lipinski definition) is 0. The Morgan fingerprint density at radius 1 is 1.04 bits per heavy atom. The number of thiazole rings is 1. The zero-order valence-corrected chi connectivity index (χ0v) is 15.1. The lowest BCUT2D eigenvalue weighted by Gasteiger charge is -2.14. The van der Waals surface area contributed by atoms with Crippen molar-refractivity contribution in [2.75, 3.05) is 11.9 Å². The maximum absolute atomic E-state index is 12.6. The van der Waals surface area contributed by atoms with Gasteiger partial charge in [-0.1, -0.05) is 35.9 Å². The standard InChI is InChI=1S/C20H20N2OS/c1-13-10-14(2)18(15(3)11-13)17-12-24-20(21-17)22(4)19(23)16-8-6-5-7-9-16/h5-12H,1-4H3. The maximum Gasteiger partial charge on any atom is 0.259 e. The normalized spacial score (nSPS) is 10.7. The van der Waals surface area contributed by atoms with Gasteiger partial charge in [0.05, 0.1) is 5.69 Å². The van der Waals surface area contributed by atoms with Gasteiger partial charge in [-0.2, -0.15) is 0 Å². The first-order valence-corrected chi connectivity index (χ1v) is 8.72. The van der Waals surface area contributed by atoms with E-state index in [1.54, 1.807) is 11.9 Å². The molecule has 0 bridgehead atoms. The predicted octanol–water partition coefficient (Wildman–Crippen LogP) is 5.01. The first-order chi connectivity index (χ1) is 11.5. The lowest BCUT2D eigenvalue weighted by atomic mass is 9.98. The molecule has 0 aliphatic carbocycles. The molecule has 0 saturated carbocycles. The highest BCUT2D eigenvalue weighted by atomic mass is 32.1. The minimum Gasteiger partial charge on any atom is -0.287 e. The van der Waals surface area contributed by atoms with Crippen molar-refractivity contribution in [1.82, 2.24) is 4.98 Å². The van der Waals surface area contributed by atoms with Crippen molar-refractivity contribution >= 4 is 22.4 Å². The van der Waals surface area contributed by atoms with E-state index in [9.17, 15) is 4.79 Å². The molecule has 4 heteroatoms. The van der Waals surface area contributed by atoms with Gasteiger partial charge in [0.15, 0.2) is 5.13 Å². The Balaban J connectivity index is 1.93. The lowest BCUT2D eigenvalue weighted by Crippen LogP contribution is -2.25. The number of carbonyl (C=O) groups excluding carboxylic acids is 1. The van der Waals surface area contributed by atoms with Crippen LogP contribution >= 0.6 is 11.3 Å². The summed E-state index contributed by atoms with van der Waals surface area (Å²) >= 11 is 1.49. The third-order valence-corrected chi connectivity index (χ3v) is 4.95. The van der Waals surface area contributed by atoms with Gasteiger partial charge in [0.1, 0.15) is 0 Å². The van der Waals surface area contributed by atoms with E-state index in [0.29, 0.717) is 10.7 Å². The fourth-order valence-electron chi connectivity index (χ4n) is 2.98. The van der Waals surface area contributed by atoms with Crippen molar-refractivity contribution in [2.24, 2.45) is 0 Å². The number of carbonyl (C=O) groups is 1. The van der Waals surface area contributed by atoms with E-state index in [4.69, 9.17) is 4.98 Å². The summed E-state index contributed by atoms with van der Waals surface area (Å²) in [6.45, 7) is 6.31. The summed E-state index contributed by atoms with van der Waals surface area (Å²) in [5, 5.41) is 2.73. The molecule has 122 valence electrons. The van der Waals surface area contributed by atoms with Crippen LogP contribution in [0, 0.1) is 20.8 Å². The van der Waals surface area contributed by atoms with Gasteiger partial charge < -0.3 is 0 Å². The zero-order chi connectivity index (χ0) is 17.3. The van der Waals surface area contributed by atoms with Crippen molar-refractivity contribution in [3.8, 4) is 11.3 Å². The smallest absolute Gasteiger partial charge is 0.259 e. The molecule has 3 rings (SSSR count). The third kappa shape index (κ3) is 3.10. The second kappa shape index (κ2) is 6.57. The molecule has 0 radical (unpaired) electrons. The number of aromatic nitrogens is 1. The highest BCUT2D eigenvalue weighted by molar-refractivity contribution is 7.14.